The normalized spacial score (nSPS) is 11.1. The van der Waals surface area contributed by atoms with E-state index in [2.05, 4.69) is 103 Å². The third-order valence-electron chi connectivity index (χ3n) is 9.59. The van der Waals surface area contributed by atoms with Gasteiger partial charge in [-0.3, -0.25) is 0 Å². The highest BCUT2D eigenvalue weighted by molar-refractivity contribution is 6.12. The van der Waals surface area contributed by atoms with Crippen LogP contribution in [0.15, 0.2) is 152 Å². The van der Waals surface area contributed by atoms with Crippen LogP contribution in [0.3, 0.4) is 0 Å². The molecule has 0 radical (unpaired) electrons. The molecule has 0 fully saturated rings. The van der Waals surface area contributed by atoms with Crippen LogP contribution >= 0.6 is 0 Å². The molecule has 0 N–H and O–H groups in total. The maximum absolute atomic E-state index is 8.31. The number of para-hydroxylation sites is 4. The zero-order chi connectivity index (χ0) is 33.8. The average Bonchev–Trinajstić information content (AvgIpc) is 3.70. The number of hydrogen-bond acceptors (Lipinski definition) is 0. The third-order valence-corrected chi connectivity index (χ3v) is 9.59. The predicted molar refractivity (Wildman–Crippen MR) is 205 cm³/mol. The average molecular weight is 636 g/mol. The molecular weight excluding hydrogens is 611 g/mol. The Labute approximate surface area is 288 Å². The molecular formula is C45H25N5. The van der Waals surface area contributed by atoms with Gasteiger partial charge in [0.25, 0.3) is 0 Å². The summed E-state index contributed by atoms with van der Waals surface area (Å²) in [6, 6.07) is 50.8. The fourth-order valence-electron chi connectivity index (χ4n) is 7.49. The van der Waals surface area contributed by atoms with Crippen molar-refractivity contribution in [1.29, 1.82) is 0 Å². The van der Waals surface area contributed by atoms with Crippen molar-refractivity contribution >= 4 is 60.7 Å². The van der Waals surface area contributed by atoms with E-state index in [9.17, 15) is 0 Å². The van der Waals surface area contributed by atoms with E-state index in [1.807, 2.05) is 72.8 Å². The van der Waals surface area contributed by atoms with Crippen molar-refractivity contribution in [3.05, 3.63) is 186 Å². The molecule has 9 aromatic rings. The lowest BCUT2D eigenvalue weighted by molar-refractivity contribution is 1.18. The first-order valence-corrected chi connectivity index (χ1v) is 16.2. The lowest BCUT2D eigenvalue weighted by atomic mass is 9.91. The van der Waals surface area contributed by atoms with Gasteiger partial charge in [-0.1, -0.05) is 103 Å². The minimum atomic E-state index is 0.504. The van der Waals surface area contributed by atoms with Crippen LogP contribution in [0, 0.1) is 19.7 Å². The van der Waals surface area contributed by atoms with Crippen molar-refractivity contribution < 1.29 is 0 Å². The molecule has 2 aromatic heterocycles. The maximum Gasteiger partial charge on any atom is 0.195 e. The van der Waals surface area contributed by atoms with Crippen molar-refractivity contribution in [1.82, 2.24) is 9.13 Å². The fourth-order valence-corrected chi connectivity index (χ4v) is 7.49. The molecule has 7 aromatic carbocycles. The quantitative estimate of drug-likeness (QED) is 0.172. The molecule has 0 amide bonds. The maximum atomic E-state index is 8.31. The van der Waals surface area contributed by atoms with Gasteiger partial charge in [-0.05, 0) is 76.2 Å². The lowest BCUT2D eigenvalue weighted by Crippen LogP contribution is -1.99. The molecule has 0 aliphatic carbocycles. The first kappa shape index (κ1) is 28.8. The van der Waals surface area contributed by atoms with Crippen LogP contribution in [0.25, 0.3) is 91.8 Å². The monoisotopic (exact) mass is 635 g/mol. The summed E-state index contributed by atoms with van der Waals surface area (Å²) >= 11 is 0. The molecule has 5 nitrogen and oxygen atoms in total. The summed E-state index contributed by atoms with van der Waals surface area (Å²) in [5, 5.41) is 4.38. The highest BCUT2D eigenvalue weighted by Crippen LogP contribution is 2.47. The Balaban J connectivity index is 1.33. The van der Waals surface area contributed by atoms with Crippen molar-refractivity contribution in [2.75, 3.05) is 0 Å². The third kappa shape index (κ3) is 4.24. The van der Waals surface area contributed by atoms with E-state index in [1.165, 1.54) is 10.8 Å². The Morgan fingerprint density at radius 1 is 0.380 bits per heavy atom. The number of benzene rings is 7. The summed E-state index contributed by atoms with van der Waals surface area (Å²) in [6.45, 7) is 24.2. The highest BCUT2D eigenvalue weighted by Gasteiger charge is 2.22. The van der Waals surface area contributed by atoms with Crippen molar-refractivity contribution in [3.63, 3.8) is 0 Å². The van der Waals surface area contributed by atoms with Gasteiger partial charge in [0, 0.05) is 21.8 Å². The molecule has 0 unspecified atom stereocenters. The molecule has 9 rings (SSSR count). The summed E-state index contributed by atoms with van der Waals surface area (Å²) in [5.74, 6) is 0. The Bertz CT molecular complexity index is 2920. The molecule has 2 heterocycles. The molecule has 0 bridgehead atoms. The smallest absolute Gasteiger partial charge is 0.195 e. The number of rotatable bonds is 4. The molecule has 0 aliphatic rings. The molecule has 50 heavy (non-hydrogen) atoms. The molecule has 0 atom stereocenters. The van der Waals surface area contributed by atoms with E-state index in [4.69, 9.17) is 19.7 Å². The summed E-state index contributed by atoms with van der Waals surface area (Å²) in [6.07, 6.45) is 0. The summed E-state index contributed by atoms with van der Waals surface area (Å²) in [7, 11) is 0. The summed E-state index contributed by atoms with van der Waals surface area (Å²) in [5.41, 5.74) is 10.8. The zero-order valence-corrected chi connectivity index (χ0v) is 26.7. The Morgan fingerprint density at radius 2 is 0.960 bits per heavy atom. The number of fused-ring (bicyclic) bond motifs is 6. The Kier molecular flexibility index (Phi) is 6.56. The van der Waals surface area contributed by atoms with Crippen LogP contribution in [0.1, 0.15) is 0 Å². The van der Waals surface area contributed by atoms with Gasteiger partial charge in [0.2, 0.25) is 0 Å². The van der Waals surface area contributed by atoms with Crippen LogP contribution in [-0.2, 0) is 0 Å². The van der Waals surface area contributed by atoms with Gasteiger partial charge in [-0.2, -0.15) is 0 Å². The van der Waals surface area contributed by atoms with Crippen molar-refractivity contribution in [2.24, 2.45) is 0 Å². The van der Waals surface area contributed by atoms with E-state index >= 15 is 0 Å². The van der Waals surface area contributed by atoms with Gasteiger partial charge >= 0.3 is 0 Å². The SMILES string of the molecule is [C-]#[N+]c1ccc2c(c1)c1ccccc1n2-c1ccccc1-c1c([N+]#[C-])cccc1-c1cc(-n2c3ccccc3c3ccccc32)ccc1[N+]#[C-]. The van der Waals surface area contributed by atoms with Gasteiger partial charge < -0.3 is 9.13 Å². The summed E-state index contributed by atoms with van der Waals surface area (Å²) < 4.78 is 4.48. The van der Waals surface area contributed by atoms with Gasteiger partial charge in [0.15, 0.2) is 17.1 Å². The van der Waals surface area contributed by atoms with E-state index < -0.39 is 0 Å². The molecule has 230 valence electrons. The van der Waals surface area contributed by atoms with Gasteiger partial charge in [0.05, 0.1) is 47.5 Å². The fraction of sp³-hybridized carbons (Fsp3) is 0. The van der Waals surface area contributed by atoms with Crippen LogP contribution < -0.4 is 0 Å². The van der Waals surface area contributed by atoms with E-state index in [-0.39, 0.29) is 0 Å². The van der Waals surface area contributed by atoms with Crippen LogP contribution in [0.2, 0.25) is 0 Å². The van der Waals surface area contributed by atoms with Gasteiger partial charge in [-0.25, -0.2) is 14.5 Å². The number of nitrogens with zero attached hydrogens (tertiary/aromatic N) is 5. The minimum Gasteiger partial charge on any atom is -0.309 e. The largest absolute Gasteiger partial charge is 0.309 e. The number of aromatic nitrogens is 2. The Hall–Kier alpha value is -7.39. The second-order valence-electron chi connectivity index (χ2n) is 12.2. The van der Waals surface area contributed by atoms with Crippen LogP contribution in [0.5, 0.6) is 0 Å². The zero-order valence-electron chi connectivity index (χ0n) is 26.7. The minimum absolute atomic E-state index is 0.504. The molecule has 0 saturated carbocycles. The van der Waals surface area contributed by atoms with Gasteiger partial charge in [-0.15, -0.1) is 0 Å². The Morgan fingerprint density at radius 3 is 1.64 bits per heavy atom. The second-order valence-corrected chi connectivity index (χ2v) is 12.2. The van der Waals surface area contributed by atoms with E-state index in [0.29, 0.717) is 17.1 Å². The highest BCUT2D eigenvalue weighted by atomic mass is 15.0. The predicted octanol–water partition coefficient (Wildman–Crippen LogP) is 12.9. The first-order valence-electron chi connectivity index (χ1n) is 16.2. The number of hydrogen-bond donors (Lipinski definition) is 0. The first-order chi connectivity index (χ1) is 24.7. The molecule has 0 spiro atoms. The van der Waals surface area contributed by atoms with E-state index in [0.717, 1.165) is 66.5 Å². The molecule has 5 heteroatoms. The topological polar surface area (TPSA) is 22.9 Å². The lowest BCUT2D eigenvalue weighted by Gasteiger charge is -2.19. The van der Waals surface area contributed by atoms with Crippen molar-refractivity contribution in [3.8, 4) is 33.6 Å². The van der Waals surface area contributed by atoms with Crippen LogP contribution in [0.4, 0.5) is 17.1 Å². The van der Waals surface area contributed by atoms with E-state index in [1.54, 1.807) is 0 Å². The molecule has 0 aliphatic heterocycles. The summed E-state index contributed by atoms with van der Waals surface area (Å²) in [4.78, 5) is 11.7. The molecule has 0 saturated heterocycles. The second kappa shape index (κ2) is 11.4. The standard InChI is InChI=1S/C45H25N5/c1-46-29-23-26-44-37(27-29)33-15-6-10-21-42(33)50(44)43-22-11-7-16-35(43)45-34(17-12-18-39(45)48-3)36-28-30(24-25-38(36)47-2)49-40-19-8-4-13-31(40)32-14-5-9-20-41(32)49/h4-28H. The van der Waals surface area contributed by atoms with Gasteiger partial charge in [0.1, 0.15) is 0 Å². The van der Waals surface area contributed by atoms with Crippen molar-refractivity contribution in [2.45, 2.75) is 0 Å². The van der Waals surface area contributed by atoms with Crippen LogP contribution in [-0.4, -0.2) is 9.13 Å².